The van der Waals surface area contributed by atoms with E-state index in [9.17, 15) is 9.18 Å². The van der Waals surface area contributed by atoms with Crippen LogP contribution in [0, 0.1) is 5.82 Å². The zero-order valence-electron chi connectivity index (χ0n) is 21.1. The summed E-state index contributed by atoms with van der Waals surface area (Å²) in [6, 6.07) is 28.2. The van der Waals surface area contributed by atoms with Crippen molar-refractivity contribution in [2.75, 3.05) is 37.8 Å². The molecule has 1 heterocycles. The highest BCUT2D eigenvalue weighted by atomic mass is 19.1. The molecule has 1 fully saturated rings. The molecule has 38 heavy (non-hydrogen) atoms. The fraction of sp³-hybridized carbons (Fsp3) is 0.258. The number of nitrogens with zero attached hydrogens (tertiary/aromatic N) is 1. The molecule has 4 aromatic rings. The summed E-state index contributed by atoms with van der Waals surface area (Å²) in [6.45, 7) is 2.50. The van der Waals surface area contributed by atoms with Crippen LogP contribution in [0.15, 0.2) is 91.0 Å². The number of anilines is 1. The van der Waals surface area contributed by atoms with Crippen LogP contribution in [0.1, 0.15) is 12.0 Å². The SMILES string of the molecule is O=C1CNC[C@H](COc2ccc3ccccc3c2)N1c1ccc(OCCCOCc2ccccc2F)cc1. The van der Waals surface area contributed by atoms with Gasteiger partial charge in [0.05, 0.1) is 32.4 Å². The number of hydrogen-bond donors (Lipinski definition) is 1. The zero-order chi connectivity index (χ0) is 26.2. The van der Waals surface area contributed by atoms with E-state index in [0.29, 0.717) is 38.3 Å². The molecule has 1 amide bonds. The summed E-state index contributed by atoms with van der Waals surface area (Å²) in [7, 11) is 0. The van der Waals surface area contributed by atoms with Gasteiger partial charge >= 0.3 is 0 Å². The minimum atomic E-state index is -0.255. The third kappa shape index (κ3) is 6.49. The largest absolute Gasteiger partial charge is 0.494 e. The summed E-state index contributed by atoms with van der Waals surface area (Å²) in [4.78, 5) is 14.6. The third-order valence-corrected chi connectivity index (χ3v) is 6.49. The molecule has 0 aromatic heterocycles. The lowest BCUT2D eigenvalue weighted by molar-refractivity contribution is -0.119. The Morgan fingerprint density at radius 3 is 2.45 bits per heavy atom. The van der Waals surface area contributed by atoms with E-state index in [4.69, 9.17) is 14.2 Å². The van der Waals surface area contributed by atoms with E-state index in [1.165, 1.54) is 6.07 Å². The van der Waals surface area contributed by atoms with Crippen molar-refractivity contribution < 1.29 is 23.4 Å². The van der Waals surface area contributed by atoms with E-state index in [1.807, 2.05) is 54.6 Å². The van der Waals surface area contributed by atoms with Crippen molar-refractivity contribution in [3.63, 3.8) is 0 Å². The number of fused-ring (bicyclic) bond motifs is 1. The third-order valence-electron chi connectivity index (χ3n) is 6.49. The number of ether oxygens (including phenoxy) is 3. The van der Waals surface area contributed by atoms with E-state index in [1.54, 1.807) is 23.1 Å². The molecule has 1 aliphatic heterocycles. The molecule has 0 saturated carbocycles. The molecule has 196 valence electrons. The Balaban J connectivity index is 1.11. The van der Waals surface area contributed by atoms with Gasteiger partial charge in [-0.2, -0.15) is 0 Å². The lowest BCUT2D eigenvalue weighted by atomic mass is 10.1. The first-order valence-electron chi connectivity index (χ1n) is 12.9. The summed E-state index contributed by atoms with van der Waals surface area (Å²) < 4.78 is 31.1. The topological polar surface area (TPSA) is 60.0 Å². The monoisotopic (exact) mass is 514 g/mol. The van der Waals surface area contributed by atoms with Crippen molar-refractivity contribution in [1.29, 1.82) is 0 Å². The predicted octanol–water partition coefficient (Wildman–Crippen LogP) is 5.35. The van der Waals surface area contributed by atoms with Crippen LogP contribution in [-0.2, 0) is 16.1 Å². The number of halogens is 1. The molecule has 1 N–H and O–H groups in total. The molecule has 1 saturated heterocycles. The van der Waals surface area contributed by atoms with Crippen LogP contribution >= 0.6 is 0 Å². The van der Waals surface area contributed by atoms with Crippen molar-refractivity contribution in [3.05, 3.63) is 102 Å². The van der Waals surface area contributed by atoms with Crippen LogP contribution < -0.4 is 19.7 Å². The minimum Gasteiger partial charge on any atom is -0.494 e. The number of nitrogens with one attached hydrogen (secondary N) is 1. The fourth-order valence-corrected chi connectivity index (χ4v) is 4.52. The van der Waals surface area contributed by atoms with Crippen LogP contribution in [0.5, 0.6) is 11.5 Å². The summed E-state index contributed by atoms with van der Waals surface area (Å²) >= 11 is 0. The second kappa shape index (κ2) is 12.5. The minimum absolute atomic E-state index is 0.00373. The molecule has 5 rings (SSSR count). The maximum atomic E-state index is 13.6. The van der Waals surface area contributed by atoms with E-state index < -0.39 is 0 Å². The molecular formula is C31H31FN2O4. The number of carbonyl (C=O) groups is 1. The van der Waals surface area contributed by atoms with Crippen LogP contribution in [0.3, 0.4) is 0 Å². The second-order valence-corrected chi connectivity index (χ2v) is 9.21. The molecule has 0 radical (unpaired) electrons. The number of carbonyl (C=O) groups excluding carboxylic acids is 1. The normalized spacial score (nSPS) is 15.6. The molecule has 4 aromatic carbocycles. The molecule has 7 heteroatoms. The Kier molecular flexibility index (Phi) is 8.48. The number of benzene rings is 4. The summed E-state index contributed by atoms with van der Waals surface area (Å²) in [5, 5.41) is 5.47. The average Bonchev–Trinajstić information content (AvgIpc) is 2.95. The average molecular weight is 515 g/mol. The Labute approximate surface area is 221 Å². The Bertz CT molecular complexity index is 1360. The highest BCUT2D eigenvalue weighted by Crippen LogP contribution is 2.25. The van der Waals surface area contributed by atoms with Crippen molar-refractivity contribution in [3.8, 4) is 11.5 Å². The lowest BCUT2D eigenvalue weighted by Gasteiger charge is -2.36. The van der Waals surface area contributed by atoms with Gasteiger partial charge in [-0.25, -0.2) is 4.39 Å². The standard InChI is InChI=1S/C31H31FN2O4/c32-30-9-4-3-8-25(30)21-36-16-5-17-37-28-14-11-26(12-15-28)34-27(19-33-20-31(34)35)22-38-29-13-10-23-6-1-2-7-24(23)18-29/h1-4,6-15,18,27,33H,5,16-17,19-22H2/t27-/m1/s1. The van der Waals surface area contributed by atoms with Gasteiger partial charge < -0.3 is 24.4 Å². The van der Waals surface area contributed by atoms with Gasteiger partial charge in [-0.3, -0.25) is 4.79 Å². The summed E-state index contributed by atoms with van der Waals surface area (Å²) in [5.41, 5.74) is 1.36. The quantitative estimate of drug-likeness (QED) is 0.274. The molecule has 0 unspecified atom stereocenters. The van der Waals surface area contributed by atoms with Crippen molar-refractivity contribution in [1.82, 2.24) is 5.32 Å². The van der Waals surface area contributed by atoms with Gasteiger partial charge in [-0.1, -0.05) is 48.5 Å². The van der Waals surface area contributed by atoms with Gasteiger partial charge in [0.2, 0.25) is 5.91 Å². The Hall–Kier alpha value is -3.94. The van der Waals surface area contributed by atoms with Crippen molar-refractivity contribution in [2.45, 2.75) is 19.1 Å². The van der Waals surface area contributed by atoms with E-state index in [0.717, 1.165) is 28.0 Å². The molecule has 1 aliphatic rings. The van der Waals surface area contributed by atoms with Gasteiger partial charge in [-0.15, -0.1) is 0 Å². The smallest absolute Gasteiger partial charge is 0.241 e. The van der Waals surface area contributed by atoms with E-state index in [-0.39, 0.29) is 30.9 Å². The maximum Gasteiger partial charge on any atom is 0.241 e. The molecule has 0 aliphatic carbocycles. The van der Waals surface area contributed by atoms with Gasteiger partial charge in [-0.05, 0) is 53.2 Å². The van der Waals surface area contributed by atoms with Crippen LogP contribution in [-0.4, -0.2) is 44.9 Å². The molecule has 0 bridgehead atoms. The van der Waals surface area contributed by atoms with Crippen LogP contribution in [0.2, 0.25) is 0 Å². The first kappa shape index (κ1) is 25.7. The van der Waals surface area contributed by atoms with Crippen molar-refractivity contribution in [2.24, 2.45) is 0 Å². The highest BCUT2D eigenvalue weighted by Gasteiger charge is 2.29. The Morgan fingerprint density at radius 1 is 0.842 bits per heavy atom. The molecule has 0 spiro atoms. The van der Waals surface area contributed by atoms with Gasteiger partial charge in [0.15, 0.2) is 0 Å². The highest BCUT2D eigenvalue weighted by molar-refractivity contribution is 5.96. The maximum absolute atomic E-state index is 13.6. The molecule has 1 atom stereocenters. The van der Waals surface area contributed by atoms with Gasteiger partial charge in [0.25, 0.3) is 0 Å². The number of rotatable bonds is 11. The number of hydrogen-bond acceptors (Lipinski definition) is 5. The van der Waals surface area contributed by atoms with Gasteiger partial charge in [0, 0.05) is 24.2 Å². The lowest BCUT2D eigenvalue weighted by Crippen LogP contribution is -2.57. The summed E-state index contributed by atoms with van der Waals surface area (Å²) in [6.07, 6.45) is 0.681. The number of piperazine rings is 1. The van der Waals surface area contributed by atoms with Crippen LogP contribution in [0.25, 0.3) is 10.8 Å². The Morgan fingerprint density at radius 2 is 1.61 bits per heavy atom. The zero-order valence-corrected chi connectivity index (χ0v) is 21.1. The second-order valence-electron chi connectivity index (χ2n) is 9.21. The van der Waals surface area contributed by atoms with Crippen LogP contribution in [0.4, 0.5) is 10.1 Å². The van der Waals surface area contributed by atoms with E-state index in [2.05, 4.69) is 17.4 Å². The number of amides is 1. The van der Waals surface area contributed by atoms with Gasteiger partial charge in [0.1, 0.15) is 23.9 Å². The summed E-state index contributed by atoms with van der Waals surface area (Å²) in [5.74, 6) is 1.25. The van der Waals surface area contributed by atoms with E-state index >= 15 is 0 Å². The first-order chi connectivity index (χ1) is 18.7. The first-order valence-corrected chi connectivity index (χ1v) is 12.9. The molecular weight excluding hydrogens is 483 g/mol. The molecule has 6 nitrogen and oxygen atoms in total. The van der Waals surface area contributed by atoms with Crippen molar-refractivity contribution >= 4 is 22.4 Å². The predicted molar refractivity (Wildman–Crippen MR) is 146 cm³/mol. The fourth-order valence-electron chi connectivity index (χ4n) is 4.52.